The second kappa shape index (κ2) is 8.36. The number of ether oxygens (including phenoxy) is 2. The van der Waals surface area contributed by atoms with Crippen molar-refractivity contribution in [1.29, 1.82) is 0 Å². The Morgan fingerprint density at radius 2 is 1.44 bits per heavy atom. The van der Waals surface area contributed by atoms with Gasteiger partial charge in [-0.05, 0) is 47.5 Å². The lowest BCUT2D eigenvalue weighted by molar-refractivity contribution is -0.133. The van der Waals surface area contributed by atoms with Crippen LogP contribution in [0.4, 0.5) is 0 Å². The van der Waals surface area contributed by atoms with Crippen LogP contribution >= 0.6 is 11.6 Å². The van der Waals surface area contributed by atoms with Crippen molar-refractivity contribution >= 4 is 18.1 Å². The van der Waals surface area contributed by atoms with Crippen molar-refractivity contribution in [2.75, 3.05) is 0 Å². The Hall–Kier alpha value is -2.78. The minimum atomic E-state index is -0.304. The van der Waals surface area contributed by atoms with Crippen LogP contribution < -0.4 is 4.74 Å². The molecule has 3 rings (SSSR count). The van der Waals surface area contributed by atoms with E-state index in [9.17, 15) is 4.79 Å². The van der Waals surface area contributed by atoms with Gasteiger partial charge < -0.3 is 9.47 Å². The first-order chi connectivity index (χ1) is 12.2. The van der Waals surface area contributed by atoms with E-state index in [-0.39, 0.29) is 6.10 Å². The fraction of sp³-hybridized carbons (Fsp3) is 0.0952. The maximum Gasteiger partial charge on any atom is 0.293 e. The molecule has 0 fully saturated rings. The fourth-order valence-electron chi connectivity index (χ4n) is 2.53. The summed E-state index contributed by atoms with van der Waals surface area (Å²) in [5.41, 5.74) is 2.02. The molecule has 3 aromatic rings. The summed E-state index contributed by atoms with van der Waals surface area (Å²) in [5.74, 6) is 1.46. The standard InChI is InChI=1S/C21H17ClO3/c22-18-8-12-20(13-9-18)25-19-10-6-16(7-11-19)14-21(24-15-23)17-4-2-1-3-5-17/h1-13,15,21H,14H2/t21-/m0/s1. The molecule has 0 unspecified atom stereocenters. The molecule has 0 bridgehead atoms. The van der Waals surface area contributed by atoms with Gasteiger partial charge in [0.15, 0.2) is 0 Å². The molecule has 3 aromatic carbocycles. The smallest absolute Gasteiger partial charge is 0.293 e. The molecule has 0 N–H and O–H groups in total. The Bertz CT molecular complexity index is 799. The molecule has 0 aliphatic rings. The van der Waals surface area contributed by atoms with Crippen molar-refractivity contribution in [3.63, 3.8) is 0 Å². The third-order valence-electron chi connectivity index (χ3n) is 3.78. The molecule has 0 heterocycles. The largest absolute Gasteiger partial charge is 0.459 e. The normalized spacial score (nSPS) is 11.6. The Morgan fingerprint density at radius 3 is 2.04 bits per heavy atom. The van der Waals surface area contributed by atoms with Crippen molar-refractivity contribution in [3.8, 4) is 11.5 Å². The van der Waals surface area contributed by atoms with Crippen LogP contribution in [0, 0.1) is 0 Å². The minimum Gasteiger partial charge on any atom is -0.459 e. The molecular weight excluding hydrogens is 336 g/mol. The van der Waals surface area contributed by atoms with Gasteiger partial charge in [-0.25, -0.2) is 0 Å². The Labute approximate surface area is 151 Å². The Kier molecular flexibility index (Phi) is 5.70. The van der Waals surface area contributed by atoms with E-state index in [2.05, 4.69) is 0 Å². The molecule has 1 atom stereocenters. The second-order valence-corrected chi connectivity index (χ2v) is 5.97. The molecule has 0 saturated carbocycles. The summed E-state index contributed by atoms with van der Waals surface area (Å²) in [5, 5.41) is 0.671. The summed E-state index contributed by atoms with van der Waals surface area (Å²) < 4.78 is 11.0. The van der Waals surface area contributed by atoms with Gasteiger partial charge >= 0.3 is 0 Å². The summed E-state index contributed by atoms with van der Waals surface area (Å²) in [7, 11) is 0. The molecular formula is C21H17ClO3. The van der Waals surface area contributed by atoms with E-state index in [1.54, 1.807) is 12.1 Å². The summed E-state index contributed by atoms with van der Waals surface area (Å²) in [6.45, 7) is 0.496. The molecule has 0 spiro atoms. The molecule has 0 aliphatic carbocycles. The van der Waals surface area contributed by atoms with Gasteiger partial charge in [-0.2, -0.15) is 0 Å². The van der Waals surface area contributed by atoms with Crippen LogP contribution in [0.3, 0.4) is 0 Å². The number of halogens is 1. The summed E-state index contributed by atoms with van der Waals surface area (Å²) >= 11 is 5.87. The van der Waals surface area contributed by atoms with Crippen molar-refractivity contribution in [2.45, 2.75) is 12.5 Å². The van der Waals surface area contributed by atoms with Crippen LogP contribution in [-0.2, 0) is 16.0 Å². The second-order valence-electron chi connectivity index (χ2n) is 5.54. The third kappa shape index (κ3) is 4.85. The number of benzene rings is 3. The van der Waals surface area contributed by atoms with Gasteiger partial charge in [0.1, 0.15) is 17.6 Å². The number of rotatable bonds is 7. The van der Waals surface area contributed by atoms with Gasteiger partial charge in [-0.3, -0.25) is 4.79 Å². The van der Waals surface area contributed by atoms with Crippen molar-refractivity contribution in [2.24, 2.45) is 0 Å². The predicted molar refractivity (Wildman–Crippen MR) is 98.0 cm³/mol. The van der Waals surface area contributed by atoms with Crippen LogP contribution in [0.2, 0.25) is 5.02 Å². The summed E-state index contributed by atoms with van der Waals surface area (Å²) in [6.07, 6.45) is 0.297. The zero-order valence-corrected chi connectivity index (χ0v) is 14.2. The average Bonchev–Trinajstić information content (AvgIpc) is 2.65. The molecule has 3 nitrogen and oxygen atoms in total. The van der Waals surface area contributed by atoms with Gasteiger partial charge in [-0.15, -0.1) is 0 Å². The highest BCUT2D eigenvalue weighted by Gasteiger charge is 2.13. The van der Waals surface area contributed by atoms with Crippen LogP contribution in [-0.4, -0.2) is 6.47 Å². The first-order valence-corrected chi connectivity index (χ1v) is 8.29. The highest BCUT2D eigenvalue weighted by atomic mass is 35.5. The monoisotopic (exact) mass is 352 g/mol. The predicted octanol–water partition coefficient (Wildman–Crippen LogP) is 5.59. The van der Waals surface area contributed by atoms with Crippen LogP contribution in [0.15, 0.2) is 78.9 Å². The molecule has 126 valence electrons. The number of hydrogen-bond acceptors (Lipinski definition) is 3. The first-order valence-electron chi connectivity index (χ1n) is 7.91. The molecule has 25 heavy (non-hydrogen) atoms. The van der Waals surface area contributed by atoms with E-state index in [4.69, 9.17) is 21.1 Å². The minimum absolute atomic E-state index is 0.304. The molecule has 0 aromatic heterocycles. The van der Waals surface area contributed by atoms with E-state index < -0.39 is 0 Å². The lowest BCUT2D eigenvalue weighted by atomic mass is 10.0. The van der Waals surface area contributed by atoms with Gasteiger partial charge in [0.2, 0.25) is 0 Å². The number of hydrogen-bond donors (Lipinski definition) is 0. The molecule has 0 amide bonds. The van der Waals surface area contributed by atoms with Gasteiger partial charge in [0, 0.05) is 11.4 Å². The third-order valence-corrected chi connectivity index (χ3v) is 4.04. The van der Waals surface area contributed by atoms with Crippen molar-refractivity contribution in [1.82, 2.24) is 0 Å². The SMILES string of the molecule is O=CO[C@@H](Cc1ccc(Oc2ccc(Cl)cc2)cc1)c1ccccc1. The molecule has 0 saturated heterocycles. The van der Waals surface area contributed by atoms with Crippen molar-refractivity contribution in [3.05, 3.63) is 95.0 Å². The van der Waals surface area contributed by atoms with Gasteiger partial charge in [0.25, 0.3) is 6.47 Å². The Morgan fingerprint density at radius 1 is 0.840 bits per heavy atom. The zero-order chi connectivity index (χ0) is 17.5. The maximum atomic E-state index is 10.8. The topological polar surface area (TPSA) is 35.5 Å². The first kappa shape index (κ1) is 17.1. The lowest BCUT2D eigenvalue weighted by Crippen LogP contribution is -2.06. The highest BCUT2D eigenvalue weighted by Crippen LogP contribution is 2.26. The number of carbonyl (C=O) groups excluding carboxylic acids is 1. The summed E-state index contributed by atoms with van der Waals surface area (Å²) in [6, 6.07) is 24.6. The van der Waals surface area contributed by atoms with Crippen LogP contribution in [0.5, 0.6) is 11.5 Å². The molecule has 4 heteroatoms. The lowest BCUT2D eigenvalue weighted by Gasteiger charge is -2.16. The van der Waals surface area contributed by atoms with E-state index in [0.717, 1.165) is 22.6 Å². The van der Waals surface area contributed by atoms with Gasteiger partial charge in [0.05, 0.1) is 0 Å². The maximum absolute atomic E-state index is 10.8. The molecule has 0 aliphatic heterocycles. The van der Waals surface area contributed by atoms with Crippen molar-refractivity contribution < 1.29 is 14.3 Å². The number of carbonyl (C=O) groups is 1. The fourth-order valence-corrected chi connectivity index (χ4v) is 2.65. The summed E-state index contributed by atoms with van der Waals surface area (Å²) in [4.78, 5) is 10.8. The quantitative estimate of drug-likeness (QED) is 0.520. The van der Waals surface area contributed by atoms with E-state index >= 15 is 0 Å². The average molecular weight is 353 g/mol. The zero-order valence-electron chi connectivity index (χ0n) is 13.5. The van der Waals surface area contributed by atoms with E-state index in [0.29, 0.717) is 17.9 Å². The van der Waals surface area contributed by atoms with Crippen LogP contribution in [0.25, 0.3) is 0 Å². The van der Waals surface area contributed by atoms with Gasteiger partial charge in [-0.1, -0.05) is 54.1 Å². The van der Waals surface area contributed by atoms with E-state index in [1.165, 1.54) is 0 Å². The highest BCUT2D eigenvalue weighted by molar-refractivity contribution is 6.30. The molecule has 0 radical (unpaired) electrons. The Balaban J connectivity index is 1.68. The van der Waals surface area contributed by atoms with Crippen LogP contribution in [0.1, 0.15) is 17.2 Å². The van der Waals surface area contributed by atoms with E-state index in [1.807, 2.05) is 66.7 Å².